The largest absolute Gasteiger partial charge is 0.474 e. The van der Waals surface area contributed by atoms with Crippen molar-refractivity contribution in [2.24, 2.45) is 0 Å². The van der Waals surface area contributed by atoms with E-state index < -0.39 is 0 Å². The Morgan fingerprint density at radius 1 is 1.08 bits per heavy atom. The van der Waals surface area contributed by atoms with Crippen LogP contribution < -0.4 is 14.9 Å². The van der Waals surface area contributed by atoms with Crippen molar-refractivity contribution < 1.29 is 29.1 Å². The van der Waals surface area contributed by atoms with Crippen LogP contribution in [0.25, 0.3) is 0 Å². The number of hydroxylamine groups is 2. The van der Waals surface area contributed by atoms with E-state index in [0.29, 0.717) is 12.8 Å². The molecule has 0 radical (unpaired) electrons. The molecule has 134 valence electrons. The van der Waals surface area contributed by atoms with Gasteiger partial charge in [0.25, 0.3) is 0 Å². The zero-order chi connectivity index (χ0) is 17.8. The molecule has 0 aliphatic heterocycles. The Morgan fingerprint density at radius 3 is 2.25 bits per heavy atom. The number of aromatic nitrogens is 1. The fraction of sp³-hybridized carbons (Fsp3) is 0.462. The molecule has 24 heavy (non-hydrogen) atoms. The van der Waals surface area contributed by atoms with Crippen molar-refractivity contribution in [2.45, 2.75) is 0 Å². The Morgan fingerprint density at radius 2 is 1.71 bits per heavy atom. The first-order chi connectivity index (χ1) is 11.7. The number of ether oxygens (including phenoxy) is 1. The summed E-state index contributed by atoms with van der Waals surface area (Å²) in [4.78, 5) is 36.7. The number of hydrogen-bond donors (Lipinski definition) is 1. The van der Waals surface area contributed by atoms with Gasteiger partial charge in [0.15, 0.2) is 0 Å². The molecule has 0 saturated heterocycles. The van der Waals surface area contributed by atoms with Crippen LogP contribution in [0.2, 0.25) is 0 Å². The van der Waals surface area contributed by atoms with E-state index >= 15 is 0 Å². The minimum absolute atomic E-state index is 0.0256. The summed E-state index contributed by atoms with van der Waals surface area (Å²) < 4.78 is 5.26. The Kier molecular flexibility index (Phi) is 10.0. The highest BCUT2D eigenvalue weighted by Crippen LogP contribution is 2.30. The number of amides is 2. The number of halogens is 2. The highest BCUT2D eigenvalue weighted by Gasteiger charge is 2.18. The van der Waals surface area contributed by atoms with E-state index in [-0.39, 0.29) is 55.4 Å². The molecular weight excluding hydrogens is 365 g/mol. The van der Waals surface area contributed by atoms with Crippen molar-refractivity contribution in [2.75, 3.05) is 48.3 Å². The minimum Gasteiger partial charge on any atom is -0.474 e. The highest BCUT2D eigenvalue weighted by molar-refractivity contribution is 6.18. The molecule has 1 rings (SSSR count). The second kappa shape index (κ2) is 11.8. The molecule has 0 bridgehead atoms. The molecule has 0 spiro atoms. The molecule has 1 aromatic heterocycles. The maximum atomic E-state index is 11.3. The predicted molar refractivity (Wildman–Crippen MR) is 87.2 cm³/mol. The van der Waals surface area contributed by atoms with E-state index in [4.69, 9.17) is 42.7 Å². The van der Waals surface area contributed by atoms with Gasteiger partial charge >= 0.3 is 0 Å². The minimum atomic E-state index is -0.244. The van der Waals surface area contributed by atoms with Crippen LogP contribution in [-0.4, -0.2) is 61.1 Å². The summed E-state index contributed by atoms with van der Waals surface area (Å²) in [5, 5.41) is 10.6. The lowest BCUT2D eigenvalue weighted by Crippen LogP contribution is -2.26. The lowest BCUT2D eigenvalue weighted by Gasteiger charge is -2.22. The molecule has 0 unspecified atom stereocenters. The summed E-state index contributed by atoms with van der Waals surface area (Å²) in [6.45, 7) is -0.129. The first kappa shape index (κ1) is 20.4. The number of aliphatic hydroxyl groups excluding tert-OH is 1. The first-order valence-corrected chi connectivity index (χ1v) is 7.89. The molecule has 1 aromatic rings. The average Bonchev–Trinajstić information content (AvgIpc) is 2.62. The van der Waals surface area contributed by atoms with E-state index in [0.717, 1.165) is 10.1 Å². The smallest absolute Gasteiger partial charge is 0.240 e. The summed E-state index contributed by atoms with van der Waals surface area (Å²) in [5.41, 5.74) is 0.338. The Bertz CT molecular complexity index is 522. The third kappa shape index (κ3) is 6.10. The van der Waals surface area contributed by atoms with E-state index in [9.17, 15) is 9.59 Å². The maximum absolute atomic E-state index is 11.3. The summed E-state index contributed by atoms with van der Waals surface area (Å²) in [6, 6.07) is 1.39. The predicted octanol–water partition coefficient (Wildman–Crippen LogP) is 0.719. The van der Waals surface area contributed by atoms with Crippen LogP contribution in [0, 0.1) is 0 Å². The molecule has 0 aliphatic carbocycles. The number of pyridine rings is 1. The van der Waals surface area contributed by atoms with E-state index in [2.05, 4.69) is 4.98 Å². The molecule has 0 fully saturated rings. The van der Waals surface area contributed by atoms with Crippen molar-refractivity contribution in [3.63, 3.8) is 0 Å². The lowest BCUT2D eigenvalue weighted by molar-refractivity contribution is -0.114. The SMILES string of the molecule is O=CN(OCCCl)c1cnc(OCCO)c(N(C=O)OCCCl)c1. The van der Waals surface area contributed by atoms with Crippen LogP contribution in [-0.2, 0) is 19.3 Å². The van der Waals surface area contributed by atoms with Crippen molar-refractivity contribution in [3.05, 3.63) is 12.3 Å². The number of hydrogen-bond acceptors (Lipinski definition) is 7. The average molecular weight is 382 g/mol. The van der Waals surface area contributed by atoms with Gasteiger partial charge < -0.3 is 9.84 Å². The maximum Gasteiger partial charge on any atom is 0.240 e. The van der Waals surface area contributed by atoms with Gasteiger partial charge in [0.2, 0.25) is 18.7 Å². The fourth-order valence-corrected chi connectivity index (χ4v) is 1.69. The van der Waals surface area contributed by atoms with Crippen LogP contribution in [0.1, 0.15) is 0 Å². The number of carbonyl (C=O) groups is 2. The van der Waals surface area contributed by atoms with Crippen molar-refractivity contribution >= 4 is 47.4 Å². The molecule has 11 heteroatoms. The van der Waals surface area contributed by atoms with Crippen LogP contribution in [0.4, 0.5) is 11.4 Å². The van der Waals surface area contributed by atoms with E-state index in [1.54, 1.807) is 0 Å². The van der Waals surface area contributed by atoms with Crippen LogP contribution in [0.5, 0.6) is 5.88 Å². The summed E-state index contributed by atoms with van der Waals surface area (Å²) in [5.74, 6) is 0.364. The van der Waals surface area contributed by atoms with Crippen LogP contribution in [0.3, 0.4) is 0 Å². The molecule has 1 heterocycles. The molecule has 0 atom stereocenters. The normalized spacial score (nSPS) is 10.3. The molecule has 0 aromatic carbocycles. The van der Waals surface area contributed by atoms with Gasteiger partial charge in [0.05, 0.1) is 31.7 Å². The van der Waals surface area contributed by atoms with Crippen molar-refractivity contribution in [3.8, 4) is 5.88 Å². The van der Waals surface area contributed by atoms with Gasteiger partial charge in [-0.3, -0.25) is 19.3 Å². The van der Waals surface area contributed by atoms with Crippen molar-refractivity contribution in [1.29, 1.82) is 0 Å². The first-order valence-electron chi connectivity index (χ1n) is 6.82. The van der Waals surface area contributed by atoms with Gasteiger partial charge in [0, 0.05) is 11.8 Å². The number of nitrogens with zero attached hydrogens (tertiary/aromatic N) is 3. The molecule has 0 saturated carbocycles. The topological polar surface area (TPSA) is 101 Å². The highest BCUT2D eigenvalue weighted by atomic mass is 35.5. The lowest BCUT2D eigenvalue weighted by atomic mass is 10.3. The van der Waals surface area contributed by atoms with Gasteiger partial charge in [-0.25, -0.2) is 4.98 Å². The molecule has 9 nitrogen and oxygen atoms in total. The van der Waals surface area contributed by atoms with Gasteiger partial charge in [-0.05, 0) is 6.07 Å². The zero-order valence-electron chi connectivity index (χ0n) is 12.6. The van der Waals surface area contributed by atoms with Gasteiger partial charge in [0.1, 0.15) is 12.3 Å². The second-order valence-electron chi connectivity index (χ2n) is 4.00. The Balaban J connectivity index is 3.14. The van der Waals surface area contributed by atoms with E-state index in [1.807, 2.05) is 0 Å². The summed E-state index contributed by atoms with van der Waals surface area (Å²) >= 11 is 11.1. The Labute approximate surface area is 148 Å². The van der Waals surface area contributed by atoms with Crippen LogP contribution in [0.15, 0.2) is 12.3 Å². The molecule has 1 N–H and O–H groups in total. The quantitative estimate of drug-likeness (QED) is 0.305. The molecular formula is C13H17Cl2N3O6. The van der Waals surface area contributed by atoms with Gasteiger partial charge in [-0.1, -0.05) is 0 Å². The third-order valence-electron chi connectivity index (χ3n) is 2.45. The number of rotatable bonds is 13. The second-order valence-corrected chi connectivity index (χ2v) is 4.75. The third-order valence-corrected chi connectivity index (χ3v) is 2.75. The number of alkyl halides is 2. The van der Waals surface area contributed by atoms with Crippen LogP contribution >= 0.6 is 23.2 Å². The molecule has 0 aliphatic rings. The monoisotopic (exact) mass is 381 g/mol. The van der Waals surface area contributed by atoms with Gasteiger partial charge in [-0.15, -0.1) is 23.2 Å². The standard InChI is InChI=1S/C13H17Cl2N3O6/c14-1-4-23-17(9-20)11-7-12(18(10-21)24-5-2-15)13(16-8-11)22-6-3-19/h7-10,19H,1-6H2. The van der Waals surface area contributed by atoms with Crippen molar-refractivity contribution in [1.82, 2.24) is 4.98 Å². The summed E-state index contributed by atoms with van der Waals surface area (Å²) in [7, 11) is 0. The number of carbonyl (C=O) groups excluding carboxylic acids is 2. The molecule has 2 amide bonds. The van der Waals surface area contributed by atoms with E-state index in [1.165, 1.54) is 12.3 Å². The summed E-state index contributed by atoms with van der Waals surface area (Å²) in [6.07, 6.45) is 2.11. The zero-order valence-corrected chi connectivity index (χ0v) is 14.1. The number of anilines is 2. The Hall–Kier alpha value is -1.65. The fourth-order valence-electron chi connectivity index (χ4n) is 1.55. The van der Waals surface area contributed by atoms with Gasteiger partial charge in [-0.2, -0.15) is 10.1 Å². The number of aliphatic hydroxyl groups is 1.